The second-order valence-electron chi connectivity index (χ2n) is 3.82. The van der Waals surface area contributed by atoms with Gasteiger partial charge in [-0.15, -0.1) is 0 Å². The molecule has 1 heterocycles. The maximum atomic E-state index is 11.9. The number of hydrogen-bond acceptors (Lipinski definition) is 2. The molecule has 1 aromatic heterocycles. The van der Waals surface area contributed by atoms with E-state index in [9.17, 15) is 4.79 Å². The zero-order chi connectivity index (χ0) is 12.4. The number of anilines is 1. The van der Waals surface area contributed by atoms with Crippen LogP contribution in [0.4, 0.5) is 5.69 Å². The van der Waals surface area contributed by atoms with Crippen LogP contribution in [0, 0.1) is 13.8 Å². The monoisotopic (exact) mass is 293 g/mol. The van der Waals surface area contributed by atoms with Crippen molar-refractivity contribution < 1.29 is 9.21 Å². The van der Waals surface area contributed by atoms with Gasteiger partial charge in [0.05, 0.1) is 12.0 Å². The molecule has 88 valence electrons. The van der Waals surface area contributed by atoms with E-state index in [2.05, 4.69) is 21.2 Å². The van der Waals surface area contributed by atoms with E-state index in [4.69, 9.17) is 4.42 Å². The van der Waals surface area contributed by atoms with Crippen molar-refractivity contribution in [3.8, 4) is 0 Å². The zero-order valence-electron chi connectivity index (χ0n) is 9.58. The van der Waals surface area contributed by atoms with Crippen LogP contribution in [-0.2, 0) is 0 Å². The maximum Gasteiger partial charge on any atom is 0.291 e. The first-order valence-corrected chi connectivity index (χ1v) is 5.99. The van der Waals surface area contributed by atoms with Gasteiger partial charge in [-0.25, -0.2) is 0 Å². The fourth-order valence-electron chi connectivity index (χ4n) is 1.53. The molecule has 2 aromatic rings. The molecule has 2 rings (SSSR count). The number of benzene rings is 1. The molecule has 0 unspecified atom stereocenters. The van der Waals surface area contributed by atoms with Crippen molar-refractivity contribution >= 4 is 27.5 Å². The van der Waals surface area contributed by atoms with Gasteiger partial charge in [0.15, 0.2) is 5.76 Å². The van der Waals surface area contributed by atoms with Gasteiger partial charge in [0.2, 0.25) is 0 Å². The Balaban J connectivity index is 2.25. The standard InChI is InChI=1S/C13H12BrNO2/c1-8-4-3-5-10(11(8)14)15-13(16)12-9(2)6-7-17-12/h3-7H,1-2H3,(H,15,16). The first-order valence-electron chi connectivity index (χ1n) is 5.20. The number of aryl methyl sites for hydroxylation is 2. The topological polar surface area (TPSA) is 42.2 Å². The molecule has 0 fully saturated rings. The summed E-state index contributed by atoms with van der Waals surface area (Å²) in [6.07, 6.45) is 1.51. The van der Waals surface area contributed by atoms with Crippen molar-refractivity contribution in [3.05, 3.63) is 51.9 Å². The molecule has 1 amide bonds. The molecule has 0 saturated heterocycles. The van der Waals surface area contributed by atoms with Crippen LogP contribution in [0.15, 0.2) is 39.4 Å². The van der Waals surface area contributed by atoms with Crippen LogP contribution < -0.4 is 5.32 Å². The first kappa shape index (κ1) is 11.9. The molecule has 0 aliphatic rings. The lowest BCUT2D eigenvalue weighted by molar-refractivity contribution is 0.0996. The van der Waals surface area contributed by atoms with Gasteiger partial charge in [0, 0.05) is 10.0 Å². The van der Waals surface area contributed by atoms with Crippen molar-refractivity contribution in [3.63, 3.8) is 0 Å². The van der Waals surface area contributed by atoms with Gasteiger partial charge < -0.3 is 9.73 Å². The van der Waals surface area contributed by atoms with Gasteiger partial charge in [0.1, 0.15) is 0 Å². The molecule has 1 N–H and O–H groups in total. The Hall–Kier alpha value is -1.55. The van der Waals surface area contributed by atoms with Crippen molar-refractivity contribution in [2.45, 2.75) is 13.8 Å². The van der Waals surface area contributed by atoms with E-state index in [0.717, 1.165) is 21.3 Å². The lowest BCUT2D eigenvalue weighted by atomic mass is 10.2. The van der Waals surface area contributed by atoms with E-state index in [0.29, 0.717) is 5.76 Å². The van der Waals surface area contributed by atoms with E-state index in [-0.39, 0.29) is 5.91 Å². The van der Waals surface area contributed by atoms with Crippen molar-refractivity contribution in [2.75, 3.05) is 5.32 Å². The average Bonchev–Trinajstić information content (AvgIpc) is 2.71. The summed E-state index contributed by atoms with van der Waals surface area (Å²) in [6.45, 7) is 3.81. The lowest BCUT2D eigenvalue weighted by Crippen LogP contribution is -2.12. The van der Waals surface area contributed by atoms with E-state index >= 15 is 0 Å². The largest absolute Gasteiger partial charge is 0.459 e. The van der Waals surface area contributed by atoms with Gasteiger partial charge >= 0.3 is 0 Å². The van der Waals surface area contributed by atoms with E-state index in [1.807, 2.05) is 32.0 Å². The minimum absolute atomic E-state index is 0.237. The summed E-state index contributed by atoms with van der Waals surface area (Å²) in [5, 5.41) is 2.81. The van der Waals surface area contributed by atoms with Crippen molar-refractivity contribution in [1.82, 2.24) is 0 Å². The molecular formula is C13H12BrNO2. The third-order valence-electron chi connectivity index (χ3n) is 2.51. The number of furan rings is 1. The zero-order valence-corrected chi connectivity index (χ0v) is 11.2. The second kappa shape index (κ2) is 4.75. The summed E-state index contributed by atoms with van der Waals surface area (Å²) >= 11 is 3.45. The third kappa shape index (κ3) is 2.42. The highest BCUT2D eigenvalue weighted by Gasteiger charge is 2.14. The summed E-state index contributed by atoms with van der Waals surface area (Å²) in [6, 6.07) is 7.47. The van der Waals surface area contributed by atoms with Gasteiger partial charge in [0.25, 0.3) is 5.91 Å². The van der Waals surface area contributed by atoms with Crippen LogP contribution in [0.5, 0.6) is 0 Å². The Kier molecular flexibility index (Phi) is 3.33. The molecule has 17 heavy (non-hydrogen) atoms. The first-order chi connectivity index (χ1) is 8.09. The molecular weight excluding hydrogens is 282 g/mol. The number of nitrogens with one attached hydrogen (secondary N) is 1. The number of rotatable bonds is 2. The summed E-state index contributed by atoms with van der Waals surface area (Å²) in [4.78, 5) is 11.9. The predicted octanol–water partition coefficient (Wildman–Crippen LogP) is 3.91. The van der Waals surface area contributed by atoms with Gasteiger partial charge in [-0.2, -0.15) is 0 Å². The van der Waals surface area contributed by atoms with Crippen LogP contribution in [0.1, 0.15) is 21.7 Å². The summed E-state index contributed by atoms with van der Waals surface area (Å²) in [5.41, 5.74) is 2.64. The van der Waals surface area contributed by atoms with E-state index < -0.39 is 0 Å². The molecule has 0 saturated carbocycles. The smallest absolute Gasteiger partial charge is 0.291 e. The molecule has 4 heteroatoms. The third-order valence-corrected chi connectivity index (χ3v) is 3.56. The Morgan fingerprint density at radius 1 is 1.24 bits per heavy atom. The second-order valence-corrected chi connectivity index (χ2v) is 4.62. The predicted molar refractivity (Wildman–Crippen MR) is 70.3 cm³/mol. The Morgan fingerprint density at radius 2 is 2.00 bits per heavy atom. The molecule has 3 nitrogen and oxygen atoms in total. The molecule has 0 aliphatic heterocycles. The maximum absolute atomic E-state index is 11.9. The van der Waals surface area contributed by atoms with E-state index in [1.165, 1.54) is 6.26 Å². The van der Waals surface area contributed by atoms with Gasteiger partial charge in [-0.3, -0.25) is 4.79 Å². The SMILES string of the molecule is Cc1ccoc1C(=O)Nc1cccc(C)c1Br. The average molecular weight is 294 g/mol. The highest BCUT2D eigenvalue weighted by Crippen LogP contribution is 2.26. The number of carbonyl (C=O) groups is 1. The fourth-order valence-corrected chi connectivity index (χ4v) is 1.89. The summed E-state index contributed by atoms with van der Waals surface area (Å²) in [5.74, 6) is 0.109. The van der Waals surface area contributed by atoms with Crippen LogP contribution in [0.2, 0.25) is 0 Å². The van der Waals surface area contributed by atoms with Crippen molar-refractivity contribution in [1.29, 1.82) is 0 Å². The normalized spacial score (nSPS) is 10.3. The van der Waals surface area contributed by atoms with Crippen molar-refractivity contribution in [2.24, 2.45) is 0 Å². The van der Waals surface area contributed by atoms with Crippen LogP contribution in [0.25, 0.3) is 0 Å². The van der Waals surface area contributed by atoms with Gasteiger partial charge in [-0.05, 0) is 47.5 Å². The molecule has 1 aromatic carbocycles. The number of carbonyl (C=O) groups excluding carboxylic acids is 1. The molecule has 0 radical (unpaired) electrons. The highest BCUT2D eigenvalue weighted by molar-refractivity contribution is 9.10. The van der Waals surface area contributed by atoms with Crippen LogP contribution >= 0.6 is 15.9 Å². The summed E-state index contributed by atoms with van der Waals surface area (Å²) < 4.78 is 6.03. The number of amides is 1. The van der Waals surface area contributed by atoms with E-state index in [1.54, 1.807) is 6.07 Å². The highest BCUT2D eigenvalue weighted by atomic mass is 79.9. The minimum atomic E-state index is -0.237. The van der Waals surface area contributed by atoms with Crippen LogP contribution in [-0.4, -0.2) is 5.91 Å². The number of halogens is 1. The number of hydrogen-bond donors (Lipinski definition) is 1. The molecule has 0 spiro atoms. The Bertz CT molecular complexity index is 560. The Morgan fingerprint density at radius 3 is 2.65 bits per heavy atom. The Labute approximate surface area is 108 Å². The molecule has 0 atom stereocenters. The minimum Gasteiger partial charge on any atom is -0.459 e. The molecule has 0 aliphatic carbocycles. The fraction of sp³-hybridized carbons (Fsp3) is 0.154. The van der Waals surface area contributed by atoms with Crippen LogP contribution in [0.3, 0.4) is 0 Å². The van der Waals surface area contributed by atoms with Gasteiger partial charge in [-0.1, -0.05) is 12.1 Å². The summed E-state index contributed by atoms with van der Waals surface area (Å²) in [7, 11) is 0. The lowest BCUT2D eigenvalue weighted by Gasteiger charge is -2.08. The molecule has 0 bridgehead atoms. The quantitative estimate of drug-likeness (QED) is 0.912.